The first-order chi connectivity index (χ1) is 9.10. The highest BCUT2D eigenvalue weighted by Crippen LogP contribution is 2.11. The van der Waals surface area contributed by atoms with Crippen molar-refractivity contribution in [3.8, 4) is 0 Å². The third-order valence-electron chi connectivity index (χ3n) is 3.34. The van der Waals surface area contributed by atoms with Crippen molar-refractivity contribution in [1.29, 1.82) is 0 Å². The average molecular weight is 261 g/mol. The summed E-state index contributed by atoms with van der Waals surface area (Å²) >= 11 is 0. The van der Waals surface area contributed by atoms with E-state index in [1.54, 1.807) is 0 Å². The van der Waals surface area contributed by atoms with Crippen molar-refractivity contribution in [1.82, 2.24) is 19.3 Å². The summed E-state index contributed by atoms with van der Waals surface area (Å²) in [6, 6.07) is 2.64. The summed E-state index contributed by atoms with van der Waals surface area (Å²) in [6.45, 7) is 7.10. The van der Waals surface area contributed by atoms with Crippen LogP contribution < -0.4 is 5.73 Å². The fraction of sp³-hybridized carbons (Fsp3) is 0.571. The van der Waals surface area contributed by atoms with E-state index in [1.165, 1.54) is 0 Å². The molecule has 0 saturated carbocycles. The summed E-state index contributed by atoms with van der Waals surface area (Å²) in [7, 11) is 0. The van der Waals surface area contributed by atoms with Crippen LogP contribution in [0.4, 0.5) is 0 Å². The van der Waals surface area contributed by atoms with Crippen molar-refractivity contribution >= 4 is 0 Å². The number of rotatable bonds is 6. The predicted octanol–water partition coefficient (Wildman–Crippen LogP) is 1.99. The van der Waals surface area contributed by atoms with Crippen molar-refractivity contribution < 1.29 is 0 Å². The molecule has 0 radical (unpaired) electrons. The summed E-state index contributed by atoms with van der Waals surface area (Å²) in [4.78, 5) is 4.36. The van der Waals surface area contributed by atoms with Gasteiger partial charge in [-0.2, -0.15) is 5.10 Å². The minimum absolute atomic E-state index is 0.124. The molecule has 2 heterocycles. The lowest BCUT2D eigenvalue weighted by molar-refractivity contribution is 0.471. The van der Waals surface area contributed by atoms with Gasteiger partial charge in [-0.3, -0.25) is 4.68 Å². The fourth-order valence-corrected chi connectivity index (χ4v) is 2.03. The Bertz CT molecular complexity index is 511. The molecule has 2 N–H and O–H groups in total. The van der Waals surface area contributed by atoms with E-state index in [0.717, 1.165) is 30.9 Å². The van der Waals surface area contributed by atoms with Gasteiger partial charge >= 0.3 is 0 Å². The molecule has 2 atom stereocenters. The van der Waals surface area contributed by atoms with Crippen molar-refractivity contribution in [2.75, 3.05) is 0 Å². The molecule has 2 aromatic heterocycles. The molecule has 5 nitrogen and oxygen atoms in total. The molecule has 2 unspecified atom stereocenters. The van der Waals surface area contributed by atoms with Crippen LogP contribution in [-0.4, -0.2) is 25.4 Å². The summed E-state index contributed by atoms with van der Waals surface area (Å²) in [5.74, 6) is 1.02. The van der Waals surface area contributed by atoms with Crippen LogP contribution in [0.3, 0.4) is 0 Å². The lowest BCUT2D eigenvalue weighted by atomic mass is 10.2. The number of hydrogen-bond acceptors (Lipinski definition) is 3. The van der Waals surface area contributed by atoms with Gasteiger partial charge in [-0.05, 0) is 26.3 Å². The Hall–Kier alpha value is -1.62. The Kier molecular flexibility index (Phi) is 4.37. The van der Waals surface area contributed by atoms with Crippen LogP contribution in [0.5, 0.6) is 0 Å². The summed E-state index contributed by atoms with van der Waals surface area (Å²) in [5, 5.41) is 4.61. The zero-order valence-electron chi connectivity index (χ0n) is 12.0. The maximum absolute atomic E-state index is 5.83. The van der Waals surface area contributed by atoms with Crippen LogP contribution in [0.15, 0.2) is 24.7 Å². The van der Waals surface area contributed by atoms with Crippen LogP contribution in [0.2, 0.25) is 0 Å². The van der Waals surface area contributed by atoms with E-state index in [4.69, 9.17) is 5.73 Å². The number of imidazole rings is 1. The first-order valence-corrected chi connectivity index (χ1v) is 6.89. The largest absolute Gasteiger partial charge is 0.329 e. The fourth-order valence-electron chi connectivity index (χ4n) is 2.03. The highest BCUT2D eigenvalue weighted by molar-refractivity contribution is 5.04. The smallest absolute Gasteiger partial charge is 0.110 e. The van der Waals surface area contributed by atoms with Gasteiger partial charge < -0.3 is 10.3 Å². The Morgan fingerprint density at radius 1 is 1.32 bits per heavy atom. The molecule has 0 amide bonds. The van der Waals surface area contributed by atoms with Crippen molar-refractivity contribution in [2.24, 2.45) is 5.73 Å². The first-order valence-electron chi connectivity index (χ1n) is 6.89. The van der Waals surface area contributed by atoms with Gasteiger partial charge in [-0.1, -0.05) is 6.92 Å². The molecule has 0 bridgehead atoms. The van der Waals surface area contributed by atoms with E-state index in [1.807, 2.05) is 30.2 Å². The number of aromatic nitrogens is 4. The molecule has 0 saturated heterocycles. The van der Waals surface area contributed by atoms with E-state index in [-0.39, 0.29) is 6.04 Å². The van der Waals surface area contributed by atoms with Crippen molar-refractivity contribution in [3.05, 3.63) is 36.2 Å². The van der Waals surface area contributed by atoms with E-state index in [9.17, 15) is 0 Å². The Morgan fingerprint density at radius 3 is 2.79 bits per heavy atom. The van der Waals surface area contributed by atoms with Crippen LogP contribution in [0.1, 0.15) is 44.8 Å². The number of hydrogen-bond donors (Lipinski definition) is 1. The van der Waals surface area contributed by atoms with Crippen LogP contribution >= 0.6 is 0 Å². The monoisotopic (exact) mass is 261 g/mol. The van der Waals surface area contributed by atoms with Crippen LogP contribution in [-0.2, 0) is 13.0 Å². The third-order valence-corrected chi connectivity index (χ3v) is 3.34. The van der Waals surface area contributed by atoms with Gasteiger partial charge in [-0.15, -0.1) is 0 Å². The summed E-state index contributed by atoms with van der Waals surface area (Å²) in [6.07, 6.45) is 7.73. The minimum atomic E-state index is 0.124. The Balaban J connectivity index is 2.09. The van der Waals surface area contributed by atoms with Gasteiger partial charge in [0.1, 0.15) is 5.82 Å². The maximum Gasteiger partial charge on any atom is 0.110 e. The van der Waals surface area contributed by atoms with Gasteiger partial charge in [-0.25, -0.2) is 4.98 Å². The molecule has 0 aliphatic rings. The standard InChI is InChI=1S/C14H23N5/c1-4-12(3)19-7-5-13(17-19)10-18-8-6-16-14(18)9-11(2)15/h5-8,11-12H,4,9-10,15H2,1-3H3. The molecule has 0 spiro atoms. The molecular formula is C14H23N5. The highest BCUT2D eigenvalue weighted by atomic mass is 15.3. The molecule has 104 valence electrons. The Morgan fingerprint density at radius 2 is 2.11 bits per heavy atom. The van der Waals surface area contributed by atoms with Crippen LogP contribution in [0.25, 0.3) is 0 Å². The van der Waals surface area contributed by atoms with Crippen molar-refractivity contribution in [2.45, 2.75) is 52.2 Å². The molecule has 0 fully saturated rings. The van der Waals surface area contributed by atoms with Crippen molar-refractivity contribution in [3.63, 3.8) is 0 Å². The van der Waals surface area contributed by atoms with Gasteiger partial charge in [0, 0.05) is 37.1 Å². The predicted molar refractivity (Wildman–Crippen MR) is 75.9 cm³/mol. The van der Waals surface area contributed by atoms with Gasteiger partial charge in [0.15, 0.2) is 0 Å². The quantitative estimate of drug-likeness (QED) is 0.865. The maximum atomic E-state index is 5.83. The second kappa shape index (κ2) is 6.02. The second-order valence-corrected chi connectivity index (χ2v) is 5.20. The highest BCUT2D eigenvalue weighted by Gasteiger charge is 2.09. The minimum Gasteiger partial charge on any atom is -0.329 e. The zero-order chi connectivity index (χ0) is 13.8. The molecule has 0 aromatic carbocycles. The number of nitrogens with zero attached hydrogens (tertiary/aromatic N) is 4. The average Bonchev–Trinajstić information content (AvgIpc) is 2.99. The SMILES string of the molecule is CCC(C)n1ccc(Cn2ccnc2CC(C)N)n1. The van der Waals surface area contributed by atoms with E-state index >= 15 is 0 Å². The van der Waals surface area contributed by atoms with Gasteiger partial charge in [0.05, 0.1) is 12.2 Å². The first kappa shape index (κ1) is 13.8. The molecule has 5 heteroatoms. The van der Waals surface area contributed by atoms with Gasteiger partial charge in [0.25, 0.3) is 0 Å². The second-order valence-electron chi connectivity index (χ2n) is 5.20. The van der Waals surface area contributed by atoms with E-state index in [2.05, 4.69) is 34.6 Å². The summed E-state index contributed by atoms with van der Waals surface area (Å²) in [5.41, 5.74) is 6.89. The molecule has 0 aliphatic carbocycles. The lowest BCUT2D eigenvalue weighted by Gasteiger charge is -2.09. The third kappa shape index (κ3) is 3.44. The van der Waals surface area contributed by atoms with Crippen LogP contribution in [0, 0.1) is 0 Å². The Labute approximate surface area is 114 Å². The molecular weight excluding hydrogens is 238 g/mol. The normalized spacial score (nSPS) is 14.5. The van der Waals surface area contributed by atoms with E-state index < -0.39 is 0 Å². The number of nitrogens with two attached hydrogens (primary N) is 1. The lowest BCUT2D eigenvalue weighted by Crippen LogP contribution is -2.20. The molecule has 2 aromatic rings. The zero-order valence-corrected chi connectivity index (χ0v) is 12.0. The molecule has 19 heavy (non-hydrogen) atoms. The van der Waals surface area contributed by atoms with E-state index in [0.29, 0.717) is 6.04 Å². The molecule has 0 aliphatic heterocycles. The van der Waals surface area contributed by atoms with Gasteiger partial charge in [0.2, 0.25) is 0 Å². The topological polar surface area (TPSA) is 61.7 Å². The molecule has 2 rings (SSSR count). The summed E-state index contributed by atoms with van der Waals surface area (Å²) < 4.78 is 4.14.